The quantitative estimate of drug-likeness (QED) is 0.899. The number of nitrogens with zero attached hydrogens (tertiary/aromatic N) is 1. The van der Waals surface area contributed by atoms with Gasteiger partial charge in [0, 0.05) is 32.2 Å². The molecule has 0 radical (unpaired) electrons. The molecule has 0 unspecified atom stereocenters. The minimum Gasteiger partial charge on any atom is -0.496 e. The Bertz CT molecular complexity index is 436. The second kappa shape index (κ2) is 5.51. The summed E-state index contributed by atoms with van der Waals surface area (Å²) in [6, 6.07) is 7.33. The van der Waals surface area contributed by atoms with Gasteiger partial charge in [-0.2, -0.15) is 0 Å². The van der Waals surface area contributed by atoms with E-state index in [9.17, 15) is 0 Å². The Morgan fingerprint density at radius 1 is 1.26 bits per heavy atom. The molecule has 1 aliphatic heterocycles. The van der Waals surface area contributed by atoms with Gasteiger partial charge in [0.25, 0.3) is 0 Å². The number of ether oxygens (including phenoxy) is 1. The van der Waals surface area contributed by atoms with Crippen LogP contribution in [-0.2, 0) is 0 Å². The lowest BCUT2D eigenvalue weighted by molar-refractivity contribution is 0.156. The van der Waals surface area contributed by atoms with E-state index in [2.05, 4.69) is 35.3 Å². The number of piperazine rings is 1. The maximum absolute atomic E-state index is 5.38. The molecule has 19 heavy (non-hydrogen) atoms. The molecule has 0 bridgehead atoms. The van der Waals surface area contributed by atoms with E-state index < -0.39 is 0 Å². The number of aryl methyl sites for hydroxylation is 1. The van der Waals surface area contributed by atoms with Crippen molar-refractivity contribution in [1.29, 1.82) is 0 Å². The van der Waals surface area contributed by atoms with E-state index in [1.165, 1.54) is 37.1 Å². The van der Waals surface area contributed by atoms with Crippen LogP contribution in [0.5, 0.6) is 5.75 Å². The SMILES string of the molecule is COc1ccc([C@@H](C2CC2)N2CCNCC2)cc1C. The first-order valence-electron chi connectivity index (χ1n) is 7.39. The highest BCUT2D eigenvalue weighted by Crippen LogP contribution is 2.45. The number of benzene rings is 1. The van der Waals surface area contributed by atoms with Crippen LogP contribution in [0.1, 0.15) is 30.0 Å². The molecule has 1 aromatic carbocycles. The van der Waals surface area contributed by atoms with E-state index in [4.69, 9.17) is 4.74 Å². The van der Waals surface area contributed by atoms with Gasteiger partial charge in [-0.25, -0.2) is 0 Å². The van der Waals surface area contributed by atoms with Gasteiger partial charge in [-0.05, 0) is 42.9 Å². The van der Waals surface area contributed by atoms with Crippen LogP contribution in [0.3, 0.4) is 0 Å². The van der Waals surface area contributed by atoms with E-state index >= 15 is 0 Å². The lowest BCUT2D eigenvalue weighted by atomic mass is 9.98. The van der Waals surface area contributed by atoms with Gasteiger partial charge in [0.15, 0.2) is 0 Å². The summed E-state index contributed by atoms with van der Waals surface area (Å²) in [5, 5.41) is 3.45. The fraction of sp³-hybridized carbons (Fsp3) is 0.625. The van der Waals surface area contributed by atoms with Gasteiger partial charge in [-0.3, -0.25) is 4.90 Å². The van der Waals surface area contributed by atoms with E-state index in [0.717, 1.165) is 24.8 Å². The summed E-state index contributed by atoms with van der Waals surface area (Å²) >= 11 is 0. The number of rotatable bonds is 4. The Morgan fingerprint density at radius 2 is 2.00 bits per heavy atom. The summed E-state index contributed by atoms with van der Waals surface area (Å²) in [7, 11) is 1.75. The average molecular weight is 260 g/mol. The average Bonchev–Trinajstić information content (AvgIpc) is 3.25. The minimum absolute atomic E-state index is 0.617. The molecule has 1 saturated carbocycles. The number of nitrogens with one attached hydrogen (secondary N) is 1. The van der Waals surface area contributed by atoms with Crippen LogP contribution in [-0.4, -0.2) is 38.2 Å². The summed E-state index contributed by atoms with van der Waals surface area (Å²) in [6.07, 6.45) is 2.78. The van der Waals surface area contributed by atoms with Crippen molar-refractivity contribution in [2.24, 2.45) is 5.92 Å². The summed E-state index contributed by atoms with van der Waals surface area (Å²) < 4.78 is 5.38. The predicted octanol–water partition coefficient (Wildman–Crippen LogP) is 2.36. The largest absolute Gasteiger partial charge is 0.496 e. The van der Waals surface area contributed by atoms with E-state index in [0.29, 0.717) is 6.04 Å². The van der Waals surface area contributed by atoms with E-state index in [1.807, 2.05) is 0 Å². The van der Waals surface area contributed by atoms with Gasteiger partial charge >= 0.3 is 0 Å². The van der Waals surface area contributed by atoms with Gasteiger partial charge in [0.05, 0.1) is 7.11 Å². The van der Waals surface area contributed by atoms with Gasteiger partial charge in [0.2, 0.25) is 0 Å². The zero-order chi connectivity index (χ0) is 13.2. The molecule has 1 N–H and O–H groups in total. The summed E-state index contributed by atoms with van der Waals surface area (Å²) in [5.41, 5.74) is 2.73. The first-order chi connectivity index (χ1) is 9.29. The first-order valence-corrected chi connectivity index (χ1v) is 7.39. The number of methoxy groups -OCH3 is 1. The maximum Gasteiger partial charge on any atom is 0.121 e. The molecule has 1 aliphatic carbocycles. The van der Waals surface area contributed by atoms with Crippen LogP contribution < -0.4 is 10.1 Å². The Balaban J connectivity index is 1.84. The molecule has 0 aromatic heterocycles. The second-order valence-corrected chi connectivity index (χ2v) is 5.80. The third-order valence-corrected chi connectivity index (χ3v) is 4.37. The molecule has 2 fully saturated rings. The number of hydrogen-bond acceptors (Lipinski definition) is 3. The molecule has 0 amide bonds. The van der Waals surface area contributed by atoms with Crippen molar-refractivity contribution in [2.75, 3.05) is 33.3 Å². The van der Waals surface area contributed by atoms with Crippen LogP contribution in [0.15, 0.2) is 18.2 Å². The Labute approximate surface area is 115 Å². The highest BCUT2D eigenvalue weighted by Gasteiger charge is 2.36. The van der Waals surface area contributed by atoms with E-state index in [-0.39, 0.29) is 0 Å². The summed E-state index contributed by atoms with van der Waals surface area (Å²) in [5.74, 6) is 1.87. The first kappa shape index (κ1) is 12.9. The van der Waals surface area contributed by atoms with Gasteiger partial charge in [-0.1, -0.05) is 12.1 Å². The monoisotopic (exact) mass is 260 g/mol. The fourth-order valence-electron chi connectivity index (χ4n) is 3.24. The number of hydrogen-bond donors (Lipinski definition) is 1. The standard InChI is InChI=1S/C16H24N2O/c1-12-11-14(5-6-15(12)19-2)16(13-3-4-13)18-9-7-17-8-10-18/h5-6,11,13,16-17H,3-4,7-10H2,1-2H3/t16-/m1/s1. The molecular weight excluding hydrogens is 236 g/mol. The fourth-order valence-corrected chi connectivity index (χ4v) is 3.24. The predicted molar refractivity (Wildman–Crippen MR) is 77.6 cm³/mol. The molecule has 3 rings (SSSR count). The van der Waals surface area contributed by atoms with Crippen molar-refractivity contribution in [3.8, 4) is 5.75 Å². The van der Waals surface area contributed by atoms with Crippen LogP contribution in [0.2, 0.25) is 0 Å². The smallest absolute Gasteiger partial charge is 0.121 e. The molecule has 1 aromatic rings. The Kier molecular flexibility index (Phi) is 3.76. The van der Waals surface area contributed by atoms with Crippen LogP contribution in [0.4, 0.5) is 0 Å². The zero-order valence-electron chi connectivity index (χ0n) is 12.0. The lowest BCUT2D eigenvalue weighted by Gasteiger charge is -2.35. The molecule has 1 atom stereocenters. The Hall–Kier alpha value is -1.06. The summed E-state index contributed by atoms with van der Waals surface area (Å²) in [4.78, 5) is 2.66. The van der Waals surface area contributed by atoms with Gasteiger partial charge in [0.1, 0.15) is 5.75 Å². The van der Waals surface area contributed by atoms with Crippen molar-refractivity contribution < 1.29 is 4.74 Å². The Morgan fingerprint density at radius 3 is 2.58 bits per heavy atom. The van der Waals surface area contributed by atoms with Crippen molar-refractivity contribution in [3.05, 3.63) is 29.3 Å². The molecule has 3 nitrogen and oxygen atoms in total. The molecule has 2 aliphatic rings. The highest BCUT2D eigenvalue weighted by molar-refractivity contribution is 5.38. The van der Waals surface area contributed by atoms with Crippen LogP contribution in [0, 0.1) is 12.8 Å². The highest BCUT2D eigenvalue weighted by atomic mass is 16.5. The van der Waals surface area contributed by atoms with Crippen LogP contribution in [0.25, 0.3) is 0 Å². The zero-order valence-corrected chi connectivity index (χ0v) is 12.0. The topological polar surface area (TPSA) is 24.5 Å². The van der Waals surface area contributed by atoms with Crippen molar-refractivity contribution in [3.63, 3.8) is 0 Å². The minimum atomic E-state index is 0.617. The molecule has 1 saturated heterocycles. The third kappa shape index (κ3) is 2.77. The molecule has 1 heterocycles. The molecule has 0 spiro atoms. The summed E-state index contributed by atoms with van der Waals surface area (Å²) in [6.45, 7) is 6.74. The third-order valence-electron chi connectivity index (χ3n) is 4.37. The van der Waals surface area contributed by atoms with Crippen LogP contribution >= 0.6 is 0 Å². The maximum atomic E-state index is 5.38. The molecule has 104 valence electrons. The van der Waals surface area contributed by atoms with Crippen molar-refractivity contribution >= 4 is 0 Å². The second-order valence-electron chi connectivity index (χ2n) is 5.80. The lowest BCUT2D eigenvalue weighted by Crippen LogP contribution is -2.45. The van der Waals surface area contributed by atoms with Crippen molar-refractivity contribution in [2.45, 2.75) is 25.8 Å². The molecule has 3 heteroatoms. The van der Waals surface area contributed by atoms with Gasteiger partial charge in [-0.15, -0.1) is 0 Å². The van der Waals surface area contributed by atoms with Crippen molar-refractivity contribution in [1.82, 2.24) is 10.2 Å². The van der Waals surface area contributed by atoms with E-state index in [1.54, 1.807) is 7.11 Å². The molecular formula is C16H24N2O. The van der Waals surface area contributed by atoms with Gasteiger partial charge < -0.3 is 10.1 Å². The normalized spacial score (nSPS) is 22.2.